The van der Waals surface area contributed by atoms with Gasteiger partial charge in [0.1, 0.15) is 5.75 Å². The minimum absolute atomic E-state index is 0.404. The third kappa shape index (κ3) is 2.37. The third-order valence-electron chi connectivity index (χ3n) is 4.11. The number of nitrogen functional groups attached to an aromatic ring is 1. The molecule has 1 aliphatic carbocycles. The number of nitrogens with zero attached hydrogens (tertiary/aromatic N) is 1. The van der Waals surface area contributed by atoms with Crippen molar-refractivity contribution in [2.75, 3.05) is 30.4 Å². The molecule has 2 fully saturated rings. The van der Waals surface area contributed by atoms with Crippen molar-refractivity contribution in [3.05, 3.63) is 18.2 Å². The van der Waals surface area contributed by atoms with Crippen molar-refractivity contribution >= 4 is 11.4 Å². The van der Waals surface area contributed by atoms with Crippen molar-refractivity contribution in [3.8, 4) is 5.75 Å². The summed E-state index contributed by atoms with van der Waals surface area (Å²) in [6, 6.07) is 6.63. The molecule has 0 bridgehead atoms. The molecule has 1 aliphatic heterocycles. The van der Waals surface area contributed by atoms with Gasteiger partial charge in [-0.3, -0.25) is 0 Å². The van der Waals surface area contributed by atoms with Crippen molar-refractivity contribution in [1.29, 1.82) is 0 Å². The Balaban J connectivity index is 1.86. The molecule has 0 amide bonds. The molecule has 3 rings (SSSR count). The monoisotopic (exact) mass is 262 g/mol. The quantitative estimate of drug-likeness (QED) is 0.850. The summed E-state index contributed by atoms with van der Waals surface area (Å²) < 4.78 is 11.5. The summed E-state index contributed by atoms with van der Waals surface area (Å²) in [5.74, 6) is 0.793. The molecule has 2 unspecified atom stereocenters. The van der Waals surface area contributed by atoms with Gasteiger partial charge >= 0.3 is 0 Å². The Hall–Kier alpha value is -1.42. The molecule has 4 heteroatoms. The summed E-state index contributed by atoms with van der Waals surface area (Å²) in [5, 5.41) is 0. The minimum Gasteiger partial charge on any atom is -0.492 e. The molecule has 1 aromatic rings. The average Bonchev–Trinajstić information content (AvgIpc) is 2.90. The van der Waals surface area contributed by atoms with Crippen LogP contribution in [0.25, 0.3) is 0 Å². The molecule has 0 aromatic heterocycles. The first-order chi connectivity index (χ1) is 9.29. The Morgan fingerprint density at radius 1 is 1.42 bits per heavy atom. The van der Waals surface area contributed by atoms with Crippen LogP contribution in [-0.4, -0.2) is 31.9 Å². The lowest BCUT2D eigenvalue weighted by Crippen LogP contribution is -2.48. The number of hydrogen-bond donors (Lipinski definition) is 1. The lowest BCUT2D eigenvalue weighted by atomic mass is 10.1. The molecular formula is C15H22N2O2. The zero-order valence-corrected chi connectivity index (χ0v) is 11.5. The van der Waals surface area contributed by atoms with Gasteiger partial charge in [0.15, 0.2) is 0 Å². The van der Waals surface area contributed by atoms with Crippen LogP contribution in [0.2, 0.25) is 0 Å². The van der Waals surface area contributed by atoms with Crippen molar-refractivity contribution in [3.63, 3.8) is 0 Å². The van der Waals surface area contributed by atoms with E-state index in [-0.39, 0.29) is 0 Å². The Kier molecular flexibility index (Phi) is 3.51. The molecule has 104 valence electrons. The SMILES string of the molecule is CCOc1cc(N2CCOC3CCCC32)ccc1N. The van der Waals surface area contributed by atoms with Gasteiger partial charge < -0.3 is 20.1 Å². The van der Waals surface area contributed by atoms with Gasteiger partial charge in [-0.15, -0.1) is 0 Å². The first-order valence-electron chi connectivity index (χ1n) is 7.20. The number of rotatable bonds is 3. The van der Waals surface area contributed by atoms with Crippen LogP contribution in [-0.2, 0) is 4.74 Å². The highest BCUT2D eigenvalue weighted by atomic mass is 16.5. The van der Waals surface area contributed by atoms with E-state index in [0.717, 1.165) is 18.9 Å². The van der Waals surface area contributed by atoms with Crippen LogP contribution in [0.15, 0.2) is 18.2 Å². The van der Waals surface area contributed by atoms with Gasteiger partial charge in [0.25, 0.3) is 0 Å². The van der Waals surface area contributed by atoms with Gasteiger partial charge in [-0.1, -0.05) is 0 Å². The van der Waals surface area contributed by atoms with Crippen molar-refractivity contribution in [1.82, 2.24) is 0 Å². The Morgan fingerprint density at radius 3 is 3.16 bits per heavy atom. The summed E-state index contributed by atoms with van der Waals surface area (Å²) >= 11 is 0. The summed E-state index contributed by atoms with van der Waals surface area (Å²) in [7, 11) is 0. The fourth-order valence-corrected chi connectivity index (χ4v) is 3.23. The molecule has 4 nitrogen and oxygen atoms in total. The van der Waals surface area contributed by atoms with E-state index in [4.69, 9.17) is 15.2 Å². The number of ether oxygens (including phenoxy) is 2. The first kappa shape index (κ1) is 12.6. The number of nitrogens with two attached hydrogens (primary N) is 1. The van der Waals surface area contributed by atoms with Crippen molar-refractivity contribution < 1.29 is 9.47 Å². The van der Waals surface area contributed by atoms with E-state index in [1.807, 2.05) is 13.0 Å². The number of benzene rings is 1. The highest BCUT2D eigenvalue weighted by molar-refractivity contribution is 5.63. The second-order valence-corrected chi connectivity index (χ2v) is 5.26. The second kappa shape index (κ2) is 5.29. The van der Waals surface area contributed by atoms with Crippen LogP contribution in [0, 0.1) is 0 Å². The maximum Gasteiger partial charge on any atom is 0.144 e. The van der Waals surface area contributed by atoms with Crippen LogP contribution in [0.5, 0.6) is 5.75 Å². The van der Waals surface area contributed by atoms with Gasteiger partial charge in [-0.05, 0) is 38.3 Å². The predicted molar refractivity (Wildman–Crippen MR) is 76.7 cm³/mol. The van der Waals surface area contributed by atoms with Crippen LogP contribution in [0.1, 0.15) is 26.2 Å². The van der Waals surface area contributed by atoms with E-state index in [1.165, 1.54) is 24.9 Å². The van der Waals surface area contributed by atoms with E-state index in [9.17, 15) is 0 Å². The summed E-state index contributed by atoms with van der Waals surface area (Å²) in [6.07, 6.45) is 4.08. The lowest BCUT2D eigenvalue weighted by molar-refractivity contribution is 0.0256. The molecule has 19 heavy (non-hydrogen) atoms. The van der Waals surface area contributed by atoms with Crippen LogP contribution >= 0.6 is 0 Å². The van der Waals surface area contributed by atoms with Crippen molar-refractivity contribution in [2.24, 2.45) is 0 Å². The Morgan fingerprint density at radius 2 is 2.32 bits per heavy atom. The normalized spacial score (nSPS) is 26.3. The average molecular weight is 262 g/mol. The fourth-order valence-electron chi connectivity index (χ4n) is 3.23. The van der Waals surface area contributed by atoms with Crippen LogP contribution in [0.3, 0.4) is 0 Å². The second-order valence-electron chi connectivity index (χ2n) is 5.26. The summed E-state index contributed by atoms with van der Waals surface area (Å²) in [6.45, 7) is 4.39. The molecule has 1 saturated carbocycles. The molecule has 2 N–H and O–H groups in total. The van der Waals surface area contributed by atoms with Gasteiger partial charge in [0.05, 0.1) is 31.0 Å². The lowest BCUT2D eigenvalue weighted by Gasteiger charge is -2.39. The molecule has 2 aliphatic rings. The number of fused-ring (bicyclic) bond motifs is 1. The zero-order valence-electron chi connectivity index (χ0n) is 11.5. The molecule has 2 atom stereocenters. The highest BCUT2D eigenvalue weighted by Crippen LogP contribution is 2.35. The zero-order chi connectivity index (χ0) is 13.2. The van der Waals surface area contributed by atoms with E-state index in [0.29, 0.717) is 24.4 Å². The van der Waals surface area contributed by atoms with E-state index >= 15 is 0 Å². The fraction of sp³-hybridized carbons (Fsp3) is 0.600. The molecule has 0 spiro atoms. The van der Waals surface area contributed by atoms with Crippen LogP contribution < -0.4 is 15.4 Å². The molecule has 0 radical (unpaired) electrons. The molecular weight excluding hydrogens is 240 g/mol. The predicted octanol–water partition coefficient (Wildman–Crippen LogP) is 2.43. The Labute approximate surface area is 114 Å². The molecule has 1 saturated heterocycles. The minimum atomic E-state index is 0.404. The smallest absolute Gasteiger partial charge is 0.144 e. The van der Waals surface area contributed by atoms with Gasteiger partial charge in [0, 0.05) is 18.3 Å². The van der Waals surface area contributed by atoms with E-state index in [2.05, 4.69) is 17.0 Å². The topological polar surface area (TPSA) is 47.7 Å². The standard InChI is InChI=1S/C15H22N2O2/c1-2-18-15-10-11(6-7-12(15)16)17-8-9-19-14-5-3-4-13(14)17/h6-7,10,13-14H,2-5,8-9,16H2,1H3. The number of morpholine rings is 1. The number of hydrogen-bond acceptors (Lipinski definition) is 4. The van der Waals surface area contributed by atoms with Gasteiger partial charge in [0.2, 0.25) is 0 Å². The van der Waals surface area contributed by atoms with Crippen LogP contribution in [0.4, 0.5) is 11.4 Å². The van der Waals surface area contributed by atoms with Gasteiger partial charge in [-0.25, -0.2) is 0 Å². The summed E-state index contributed by atoms with van der Waals surface area (Å²) in [5.41, 5.74) is 7.86. The maximum atomic E-state index is 5.94. The van der Waals surface area contributed by atoms with E-state index < -0.39 is 0 Å². The maximum absolute atomic E-state index is 5.94. The molecule has 1 heterocycles. The third-order valence-corrected chi connectivity index (χ3v) is 4.11. The first-order valence-corrected chi connectivity index (χ1v) is 7.20. The molecule has 1 aromatic carbocycles. The van der Waals surface area contributed by atoms with Crippen molar-refractivity contribution in [2.45, 2.75) is 38.3 Å². The van der Waals surface area contributed by atoms with Gasteiger partial charge in [-0.2, -0.15) is 0 Å². The largest absolute Gasteiger partial charge is 0.492 e. The highest BCUT2D eigenvalue weighted by Gasteiger charge is 2.36. The number of anilines is 2. The Bertz CT molecular complexity index is 450. The summed E-state index contributed by atoms with van der Waals surface area (Å²) in [4.78, 5) is 2.46. The van der Waals surface area contributed by atoms with E-state index in [1.54, 1.807) is 0 Å².